The van der Waals surface area contributed by atoms with Crippen molar-refractivity contribution in [1.82, 2.24) is 14.7 Å². The van der Waals surface area contributed by atoms with Crippen molar-refractivity contribution in [2.45, 2.75) is 63.6 Å². The van der Waals surface area contributed by atoms with E-state index in [4.69, 9.17) is 4.74 Å². The van der Waals surface area contributed by atoms with Gasteiger partial charge in [0, 0.05) is 31.8 Å². The van der Waals surface area contributed by atoms with E-state index in [0.29, 0.717) is 18.8 Å². The van der Waals surface area contributed by atoms with Crippen LogP contribution in [0, 0.1) is 5.92 Å². The smallest absolute Gasteiger partial charge is 0.274 e. The number of hydrogen-bond acceptors (Lipinski definition) is 4. The van der Waals surface area contributed by atoms with Crippen molar-refractivity contribution in [3.8, 4) is 0 Å². The molecule has 0 unspecified atom stereocenters. The molecule has 1 aromatic rings. The van der Waals surface area contributed by atoms with Crippen molar-refractivity contribution in [3.05, 3.63) is 18.0 Å². The Hall–Kier alpha value is -1.40. The monoisotopic (exact) mass is 335 g/mol. The first-order chi connectivity index (χ1) is 11.5. The average Bonchev–Trinajstić information content (AvgIpc) is 3.21. The minimum atomic E-state index is -0.663. The number of nitrogens with zero attached hydrogens (tertiary/aromatic N) is 3. The molecular weight excluding hydrogens is 306 g/mol. The van der Waals surface area contributed by atoms with Crippen molar-refractivity contribution in [2.24, 2.45) is 5.92 Å². The summed E-state index contributed by atoms with van der Waals surface area (Å²) in [6, 6.07) is 1.92. The highest BCUT2D eigenvalue weighted by atomic mass is 16.5. The van der Waals surface area contributed by atoms with Crippen LogP contribution >= 0.6 is 0 Å². The maximum absolute atomic E-state index is 12.9. The molecule has 1 amide bonds. The fraction of sp³-hybridized carbons (Fsp3) is 0.778. The van der Waals surface area contributed by atoms with E-state index in [-0.39, 0.29) is 17.9 Å². The molecule has 3 rings (SSSR count). The maximum Gasteiger partial charge on any atom is 0.274 e. The zero-order valence-corrected chi connectivity index (χ0v) is 14.8. The van der Waals surface area contributed by atoms with Crippen LogP contribution in [0.4, 0.5) is 0 Å². The van der Waals surface area contributed by atoms with Gasteiger partial charge < -0.3 is 14.7 Å². The summed E-state index contributed by atoms with van der Waals surface area (Å²) in [5.74, 6) is 0.170. The molecule has 1 aromatic heterocycles. The number of hydrogen-bond donors (Lipinski definition) is 1. The molecule has 6 nitrogen and oxygen atoms in total. The van der Waals surface area contributed by atoms with Crippen LogP contribution in [0.1, 0.15) is 55.9 Å². The zero-order chi connectivity index (χ0) is 17.2. The molecule has 1 aliphatic carbocycles. The SMILES string of the molecule is COCCn1ccc(C(=O)N2CCC[C@@H]2[C@@H]2CCCC[C@]2(C)O)n1. The Kier molecular flexibility index (Phi) is 5.25. The van der Waals surface area contributed by atoms with Gasteiger partial charge in [-0.2, -0.15) is 5.10 Å². The molecule has 0 aromatic carbocycles. The fourth-order valence-corrected chi connectivity index (χ4v) is 4.35. The van der Waals surface area contributed by atoms with Gasteiger partial charge in [-0.25, -0.2) is 0 Å². The van der Waals surface area contributed by atoms with Gasteiger partial charge >= 0.3 is 0 Å². The number of likely N-dealkylation sites (tertiary alicyclic amines) is 1. The molecule has 2 heterocycles. The first kappa shape index (κ1) is 17.4. The van der Waals surface area contributed by atoms with E-state index in [2.05, 4.69) is 5.10 Å². The van der Waals surface area contributed by atoms with Crippen molar-refractivity contribution in [2.75, 3.05) is 20.3 Å². The van der Waals surface area contributed by atoms with Gasteiger partial charge in [0.25, 0.3) is 5.91 Å². The summed E-state index contributed by atoms with van der Waals surface area (Å²) in [5.41, 5.74) is -0.169. The molecular formula is C18H29N3O3. The van der Waals surface area contributed by atoms with Crippen molar-refractivity contribution in [1.29, 1.82) is 0 Å². The topological polar surface area (TPSA) is 67.6 Å². The molecule has 6 heteroatoms. The first-order valence-electron chi connectivity index (χ1n) is 9.08. The lowest BCUT2D eigenvalue weighted by molar-refractivity contribution is -0.0578. The van der Waals surface area contributed by atoms with Gasteiger partial charge in [-0.15, -0.1) is 0 Å². The van der Waals surface area contributed by atoms with Crippen LogP contribution in [0.3, 0.4) is 0 Å². The molecule has 1 saturated heterocycles. The van der Waals surface area contributed by atoms with Crippen LogP contribution in [0.2, 0.25) is 0 Å². The predicted molar refractivity (Wildman–Crippen MR) is 90.7 cm³/mol. The quantitative estimate of drug-likeness (QED) is 0.894. The molecule has 3 atom stereocenters. The lowest BCUT2D eigenvalue weighted by atomic mass is 9.72. The van der Waals surface area contributed by atoms with E-state index in [9.17, 15) is 9.90 Å². The summed E-state index contributed by atoms with van der Waals surface area (Å²) in [6.45, 7) is 3.93. The standard InChI is InChI=1S/C18H29N3O3/c1-18(23)9-4-3-6-14(18)16-7-5-10-21(16)17(22)15-8-11-20(19-15)12-13-24-2/h8,11,14,16,23H,3-7,9-10,12-13H2,1-2H3/t14-,16+,18-/m0/s1. The molecule has 0 bridgehead atoms. The van der Waals surface area contributed by atoms with Gasteiger partial charge in [0.1, 0.15) is 5.69 Å². The summed E-state index contributed by atoms with van der Waals surface area (Å²) >= 11 is 0. The van der Waals surface area contributed by atoms with Crippen molar-refractivity contribution in [3.63, 3.8) is 0 Å². The third kappa shape index (κ3) is 3.49. The molecule has 1 saturated carbocycles. The lowest BCUT2D eigenvalue weighted by Crippen LogP contribution is -2.50. The zero-order valence-electron chi connectivity index (χ0n) is 14.8. The van der Waals surface area contributed by atoms with E-state index in [1.807, 2.05) is 18.0 Å². The molecule has 134 valence electrons. The van der Waals surface area contributed by atoms with Gasteiger partial charge in [0.2, 0.25) is 0 Å². The van der Waals surface area contributed by atoms with E-state index < -0.39 is 5.60 Å². The Bertz CT molecular complexity index is 570. The summed E-state index contributed by atoms with van der Waals surface area (Å²) in [7, 11) is 1.65. The van der Waals surface area contributed by atoms with Gasteiger partial charge in [-0.1, -0.05) is 12.8 Å². The number of amides is 1. The van der Waals surface area contributed by atoms with Crippen LogP contribution in [-0.2, 0) is 11.3 Å². The summed E-state index contributed by atoms with van der Waals surface area (Å²) in [6.07, 6.45) is 7.88. The van der Waals surface area contributed by atoms with Crippen molar-refractivity contribution >= 4 is 5.91 Å². The molecule has 2 fully saturated rings. The Morgan fingerprint density at radius 1 is 1.42 bits per heavy atom. The average molecular weight is 335 g/mol. The van der Waals surface area contributed by atoms with E-state index in [0.717, 1.165) is 45.1 Å². The largest absolute Gasteiger partial charge is 0.390 e. The van der Waals surface area contributed by atoms with Gasteiger partial charge in [0.15, 0.2) is 0 Å². The molecule has 1 N–H and O–H groups in total. The number of aromatic nitrogens is 2. The van der Waals surface area contributed by atoms with Gasteiger partial charge in [-0.05, 0) is 38.7 Å². The highest BCUT2D eigenvalue weighted by Crippen LogP contribution is 2.40. The minimum Gasteiger partial charge on any atom is -0.390 e. The van der Waals surface area contributed by atoms with Crippen LogP contribution in [0.15, 0.2) is 12.3 Å². The number of carbonyl (C=O) groups is 1. The minimum absolute atomic E-state index is 0.00459. The Balaban J connectivity index is 1.72. The number of carbonyl (C=O) groups excluding carboxylic acids is 1. The molecule has 0 spiro atoms. The molecule has 24 heavy (non-hydrogen) atoms. The third-order valence-electron chi connectivity index (χ3n) is 5.66. The van der Waals surface area contributed by atoms with Crippen LogP contribution in [0.25, 0.3) is 0 Å². The fourth-order valence-electron chi connectivity index (χ4n) is 4.35. The Morgan fingerprint density at radius 3 is 3.00 bits per heavy atom. The van der Waals surface area contributed by atoms with Gasteiger partial charge in [0.05, 0.1) is 18.8 Å². The lowest BCUT2D eigenvalue weighted by Gasteiger charge is -2.43. The Morgan fingerprint density at radius 2 is 2.25 bits per heavy atom. The van der Waals surface area contributed by atoms with E-state index in [1.165, 1.54) is 0 Å². The van der Waals surface area contributed by atoms with Crippen molar-refractivity contribution < 1.29 is 14.6 Å². The second kappa shape index (κ2) is 7.23. The molecule has 0 radical (unpaired) electrons. The number of ether oxygens (including phenoxy) is 1. The number of aliphatic hydroxyl groups is 1. The normalized spacial score (nSPS) is 30.7. The Labute approximate surface area is 143 Å². The number of methoxy groups -OCH3 is 1. The molecule has 2 aliphatic rings. The van der Waals surface area contributed by atoms with Gasteiger partial charge in [-0.3, -0.25) is 9.48 Å². The molecule has 1 aliphatic heterocycles. The number of rotatable bonds is 5. The summed E-state index contributed by atoms with van der Waals surface area (Å²) in [4.78, 5) is 14.9. The maximum atomic E-state index is 12.9. The highest BCUT2D eigenvalue weighted by molar-refractivity contribution is 5.92. The first-order valence-corrected chi connectivity index (χ1v) is 9.08. The third-order valence-corrected chi connectivity index (χ3v) is 5.66. The summed E-state index contributed by atoms with van der Waals surface area (Å²) in [5, 5.41) is 15.2. The highest BCUT2D eigenvalue weighted by Gasteiger charge is 2.45. The van der Waals surface area contributed by atoms with E-state index in [1.54, 1.807) is 17.9 Å². The predicted octanol–water partition coefficient (Wildman–Crippen LogP) is 2.08. The van der Waals surface area contributed by atoms with Crippen LogP contribution in [0.5, 0.6) is 0 Å². The second-order valence-electron chi connectivity index (χ2n) is 7.37. The second-order valence-corrected chi connectivity index (χ2v) is 7.37. The van der Waals surface area contributed by atoms with Crippen LogP contribution in [-0.4, -0.2) is 57.6 Å². The van der Waals surface area contributed by atoms with Crippen LogP contribution < -0.4 is 0 Å². The summed E-state index contributed by atoms with van der Waals surface area (Å²) < 4.78 is 6.80. The van der Waals surface area contributed by atoms with E-state index >= 15 is 0 Å².